The van der Waals surface area contributed by atoms with Crippen molar-refractivity contribution in [3.63, 3.8) is 0 Å². The average molecular weight is 529 g/mol. The molecule has 0 saturated heterocycles. The van der Waals surface area contributed by atoms with E-state index in [0.717, 1.165) is 31.7 Å². The monoisotopic (exact) mass is 528 g/mol. The molecule has 1 amide bonds. The Morgan fingerprint density at radius 3 is 2.17 bits per heavy atom. The van der Waals surface area contributed by atoms with E-state index >= 15 is 0 Å². The highest BCUT2D eigenvalue weighted by Gasteiger charge is 2.54. The van der Waals surface area contributed by atoms with E-state index < -0.39 is 28.8 Å². The van der Waals surface area contributed by atoms with E-state index in [-0.39, 0.29) is 28.3 Å². The first-order valence-electron chi connectivity index (χ1n) is 11.6. The van der Waals surface area contributed by atoms with Crippen LogP contribution in [0.3, 0.4) is 0 Å². The standard InChI is InChI=1S/C25H28Cl2F2N2O4/c26-18-4-2-16(12-20(18)28)34-11-1-10-30-25-8-6-24(7-9-25,14-22(25)32)31-23(33)15-35-17-3-5-19(27)21(29)13-17/h2-5,12-13,22,30,32H,1,6-11,14-15H2,(H,31,33)/t22-,24?,25?/m1/s1. The van der Waals surface area contributed by atoms with Gasteiger partial charge in [0.1, 0.15) is 23.1 Å². The van der Waals surface area contributed by atoms with Gasteiger partial charge in [0.05, 0.1) is 22.8 Å². The van der Waals surface area contributed by atoms with Gasteiger partial charge in [-0.2, -0.15) is 0 Å². The lowest BCUT2D eigenvalue weighted by molar-refractivity contribution is -0.129. The fourth-order valence-corrected chi connectivity index (χ4v) is 5.20. The Bertz CT molecular complexity index is 1060. The fraction of sp³-hybridized carbons (Fsp3) is 0.480. The van der Waals surface area contributed by atoms with Crippen LogP contribution in [0.25, 0.3) is 0 Å². The van der Waals surface area contributed by atoms with Gasteiger partial charge in [0, 0.05) is 23.2 Å². The molecule has 0 heterocycles. The third-order valence-corrected chi connectivity index (χ3v) is 7.56. The van der Waals surface area contributed by atoms with E-state index in [0.29, 0.717) is 31.7 Å². The van der Waals surface area contributed by atoms with Crippen molar-refractivity contribution in [2.24, 2.45) is 0 Å². The number of carbonyl (C=O) groups excluding carboxylic acids is 1. The Morgan fingerprint density at radius 2 is 1.60 bits per heavy atom. The number of hydrogen-bond acceptors (Lipinski definition) is 5. The highest BCUT2D eigenvalue weighted by atomic mass is 35.5. The van der Waals surface area contributed by atoms with Crippen LogP contribution in [0, 0.1) is 11.6 Å². The van der Waals surface area contributed by atoms with Crippen LogP contribution in [-0.4, -0.2) is 48.0 Å². The van der Waals surface area contributed by atoms with Crippen molar-refractivity contribution in [2.75, 3.05) is 19.8 Å². The van der Waals surface area contributed by atoms with E-state index in [2.05, 4.69) is 10.6 Å². The summed E-state index contributed by atoms with van der Waals surface area (Å²) in [6.45, 7) is 0.787. The molecule has 0 aliphatic heterocycles. The molecule has 0 spiro atoms. The fourth-order valence-electron chi connectivity index (χ4n) is 4.96. The number of aliphatic hydroxyl groups excluding tert-OH is 1. The van der Waals surface area contributed by atoms with E-state index in [1.165, 1.54) is 24.3 Å². The largest absolute Gasteiger partial charge is 0.493 e. The topological polar surface area (TPSA) is 79.8 Å². The number of benzene rings is 2. The summed E-state index contributed by atoms with van der Waals surface area (Å²) in [5.74, 6) is -0.799. The van der Waals surface area contributed by atoms with Crippen LogP contribution in [0.2, 0.25) is 10.0 Å². The summed E-state index contributed by atoms with van der Waals surface area (Å²) in [6.07, 6.45) is 3.44. The molecule has 190 valence electrons. The molecule has 10 heteroatoms. The van der Waals surface area contributed by atoms with Gasteiger partial charge in [0.2, 0.25) is 0 Å². The van der Waals surface area contributed by atoms with Crippen molar-refractivity contribution < 1.29 is 28.2 Å². The summed E-state index contributed by atoms with van der Waals surface area (Å²) in [4.78, 5) is 12.5. The van der Waals surface area contributed by atoms with Gasteiger partial charge in [0.15, 0.2) is 6.61 Å². The Balaban J connectivity index is 1.20. The molecule has 6 nitrogen and oxygen atoms in total. The van der Waals surface area contributed by atoms with Gasteiger partial charge >= 0.3 is 0 Å². The molecule has 0 aromatic heterocycles. The molecule has 1 atom stereocenters. The molecule has 2 aromatic carbocycles. The molecule has 3 fully saturated rings. The number of hydrogen-bond donors (Lipinski definition) is 3. The third kappa shape index (κ3) is 6.17. The molecule has 3 aliphatic carbocycles. The number of ether oxygens (including phenoxy) is 2. The van der Waals surface area contributed by atoms with Gasteiger partial charge in [0.25, 0.3) is 5.91 Å². The number of aliphatic hydroxyl groups is 1. The van der Waals surface area contributed by atoms with Gasteiger partial charge in [-0.3, -0.25) is 4.79 Å². The molecule has 0 radical (unpaired) electrons. The second kappa shape index (κ2) is 10.9. The number of halogens is 4. The highest BCUT2D eigenvalue weighted by molar-refractivity contribution is 6.31. The quantitative estimate of drug-likeness (QED) is 0.391. The van der Waals surface area contributed by atoms with Gasteiger partial charge in [-0.25, -0.2) is 8.78 Å². The normalized spacial score (nSPS) is 25.3. The SMILES string of the molecule is O=C(COc1ccc(Cl)c(F)c1)NC12CCC(NCCCOc3ccc(Cl)c(F)c3)(CC1)[C@H](O)C2. The first-order chi connectivity index (χ1) is 16.7. The molecule has 2 bridgehead atoms. The van der Waals surface area contributed by atoms with Crippen molar-refractivity contribution in [1.29, 1.82) is 0 Å². The lowest BCUT2D eigenvalue weighted by atomic mass is 9.60. The minimum absolute atomic E-state index is 0.0133. The Morgan fingerprint density at radius 1 is 1.00 bits per heavy atom. The number of carbonyl (C=O) groups is 1. The number of rotatable bonds is 10. The minimum Gasteiger partial charge on any atom is -0.493 e. The zero-order valence-electron chi connectivity index (χ0n) is 19.1. The van der Waals surface area contributed by atoms with Crippen molar-refractivity contribution in [2.45, 2.75) is 55.7 Å². The molecule has 3 aliphatic rings. The number of fused-ring (bicyclic) bond motifs is 3. The highest BCUT2D eigenvalue weighted by Crippen LogP contribution is 2.47. The zero-order valence-corrected chi connectivity index (χ0v) is 20.6. The van der Waals surface area contributed by atoms with Crippen LogP contribution in [0.1, 0.15) is 38.5 Å². The molecule has 2 aromatic rings. The van der Waals surface area contributed by atoms with Gasteiger partial charge in [-0.05, 0) is 69.3 Å². The molecule has 5 rings (SSSR count). The second-order valence-corrected chi connectivity index (χ2v) is 10.1. The number of nitrogens with one attached hydrogen (secondary N) is 2. The Kier molecular flexibility index (Phi) is 8.06. The summed E-state index contributed by atoms with van der Waals surface area (Å²) in [7, 11) is 0. The average Bonchev–Trinajstić information content (AvgIpc) is 2.83. The van der Waals surface area contributed by atoms with Crippen LogP contribution in [0.5, 0.6) is 11.5 Å². The predicted octanol–water partition coefficient (Wildman–Crippen LogP) is 4.64. The van der Waals surface area contributed by atoms with Crippen LogP contribution in [-0.2, 0) is 4.79 Å². The minimum atomic E-state index is -0.611. The van der Waals surface area contributed by atoms with Crippen molar-refractivity contribution in [3.05, 3.63) is 58.1 Å². The zero-order chi connectivity index (χ0) is 25.1. The van der Waals surface area contributed by atoms with E-state index in [1.807, 2.05) is 0 Å². The van der Waals surface area contributed by atoms with Crippen LogP contribution >= 0.6 is 23.2 Å². The first-order valence-corrected chi connectivity index (χ1v) is 12.4. The summed E-state index contributed by atoms with van der Waals surface area (Å²) >= 11 is 11.3. The lowest BCUT2D eigenvalue weighted by Crippen LogP contribution is -2.69. The van der Waals surface area contributed by atoms with E-state index in [1.54, 1.807) is 6.07 Å². The molecular weight excluding hydrogens is 501 g/mol. The maximum absolute atomic E-state index is 13.5. The van der Waals surface area contributed by atoms with E-state index in [4.69, 9.17) is 32.7 Å². The van der Waals surface area contributed by atoms with Crippen LogP contribution in [0.15, 0.2) is 36.4 Å². The Hall–Kier alpha value is -2.13. The maximum Gasteiger partial charge on any atom is 0.258 e. The smallest absolute Gasteiger partial charge is 0.258 e. The van der Waals surface area contributed by atoms with Crippen LogP contribution in [0.4, 0.5) is 8.78 Å². The van der Waals surface area contributed by atoms with Gasteiger partial charge in [-0.15, -0.1) is 0 Å². The van der Waals surface area contributed by atoms with Crippen molar-refractivity contribution >= 4 is 29.1 Å². The first kappa shape index (κ1) is 25.9. The predicted molar refractivity (Wildman–Crippen MR) is 129 cm³/mol. The van der Waals surface area contributed by atoms with Gasteiger partial charge < -0.3 is 25.2 Å². The molecular formula is C25H28Cl2F2N2O4. The summed E-state index contributed by atoms with van der Waals surface area (Å²) < 4.78 is 38.0. The molecule has 35 heavy (non-hydrogen) atoms. The lowest BCUT2D eigenvalue weighted by Gasteiger charge is -2.56. The Labute approximate surface area is 212 Å². The maximum atomic E-state index is 13.5. The second-order valence-electron chi connectivity index (χ2n) is 9.27. The van der Waals surface area contributed by atoms with Crippen molar-refractivity contribution in [1.82, 2.24) is 10.6 Å². The van der Waals surface area contributed by atoms with E-state index in [9.17, 15) is 18.7 Å². The summed E-state index contributed by atoms with van der Waals surface area (Å²) in [5, 5.41) is 17.5. The van der Waals surface area contributed by atoms with Crippen molar-refractivity contribution in [3.8, 4) is 11.5 Å². The van der Waals surface area contributed by atoms with Gasteiger partial charge in [-0.1, -0.05) is 23.2 Å². The molecule has 0 unspecified atom stereocenters. The van der Waals surface area contributed by atoms with Crippen LogP contribution < -0.4 is 20.1 Å². The molecule has 3 saturated carbocycles. The number of amides is 1. The third-order valence-electron chi connectivity index (χ3n) is 6.94. The molecule has 3 N–H and O–H groups in total. The summed E-state index contributed by atoms with van der Waals surface area (Å²) in [6, 6.07) is 8.35. The summed E-state index contributed by atoms with van der Waals surface area (Å²) in [5.41, 5.74) is -0.869.